The minimum atomic E-state index is -0.480. The molecular formula is C27H46N2O6. The van der Waals surface area contributed by atoms with Crippen molar-refractivity contribution in [1.82, 2.24) is 9.80 Å². The molecule has 4 aliphatic rings. The third-order valence-corrected chi connectivity index (χ3v) is 8.35. The number of nitrogens with zero attached hydrogens (tertiary/aromatic N) is 2. The number of ether oxygens (including phenoxy) is 5. The van der Waals surface area contributed by atoms with Crippen molar-refractivity contribution in [1.29, 1.82) is 0 Å². The van der Waals surface area contributed by atoms with Crippen LogP contribution in [-0.4, -0.2) is 106 Å². The van der Waals surface area contributed by atoms with E-state index in [9.17, 15) is 4.79 Å². The summed E-state index contributed by atoms with van der Waals surface area (Å²) in [6.07, 6.45) is 5.08. The molecule has 1 aliphatic carbocycles. The normalized spacial score (nSPS) is 33.7. The second kappa shape index (κ2) is 11.5. The van der Waals surface area contributed by atoms with Crippen LogP contribution in [0.25, 0.3) is 0 Å². The van der Waals surface area contributed by atoms with Crippen molar-refractivity contribution in [2.45, 2.75) is 76.8 Å². The lowest BCUT2D eigenvalue weighted by atomic mass is 9.68. The Morgan fingerprint density at radius 3 is 2.57 bits per heavy atom. The van der Waals surface area contributed by atoms with E-state index in [2.05, 4.69) is 38.7 Å². The Kier molecular flexibility index (Phi) is 8.80. The molecule has 35 heavy (non-hydrogen) atoms. The molecule has 0 radical (unpaired) electrons. The number of hydrogen-bond donors (Lipinski definition) is 0. The summed E-state index contributed by atoms with van der Waals surface area (Å²) >= 11 is 0. The molecule has 5 atom stereocenters. The van der Waals surface area contributed by atoms with E-state index in [4.69, 9.17) is 23.7 Å². The van der Waals surface area contributed by atoms with Crippen LogP contribution in [0.1, 0.15) is 53.4 Å². The van der Waals surface area contributed by atoms with Crippen molar-refractivity contribution in [3.05, 3.63) is 11.6 Å². The van der Waals surface area contributed by atoms with E-state index < -0.39 is 5.60 Å². The maximum absolute atomic E-state index is 13.2. The fourth-order valence-electron chi connectivity index (χ4n) is 6.22. The highest BCUT2D eigenvalue weighted by atomic mass is 16.6. The first-order chi connectivity index (χ1) is 16.7. The zero-order valence-corrected chi connectivity index (χ0v) is 22.4. The first kappa shape index (κ1) is 26.9. The summed E-state index contributed by atoms with van der Waals surface area (Å²) in [6.45, 7) is 15.9. The highest BCUT2D eigenvalue weighted by Gasteiger charge is 2.64. The molecule has 0 aromatic heterocycles. The Morgan fingerprint density at radius 1 is 1.17 bits per heavy atom. The molecule has 1 amide bonds. The molecule has 1 saturated carbocycles. The summed E-state index contributed by atoms with van der Waals surface area (Å²) in [4.78, 5) is 17.5. The molecule has 1 spiro atoms. The SMILES string of the molecule is CO[C@H]1[C@H](C(C)(C)OCC=C(C)C)[C@]2(CC[C@H]1OC(=O)N1CC[C@H](CCN3CCOCC3)C1)CO2. The summed E-state index contributed by atoms with van der Waals surface area (Å²) in [5.74, 6) is 0.519. The van der Waals surface area contributed by atoms with E-state index in [0.29, 0.717) is 19.1 Å². The van der Waals surface area contributed by atoms with Gasteiger partial charge in [0.25, 0.3) is 0 Å². The van der Waals surface area contributed by atoms with Crippen molar-refractivity contribution in [2.24, 2.45) is 11.8 Å². The van der Waals surface area contributed by atoms with Crippen molar-refractivity contribution < 1.29 is 28.5 Å². The van der Waals surface area contributed by atoms with Crippen LogP contribution in [0, 0.1) is 11.8 Å². The van der Waals surface area contributed by atoms with Gasteiger partial charge >= 0.3 is 6.09 Å². The van der Waals surface area contributed by atoms with Crippen LogP contribution in [-0.2, 0) is 23.7 Å². The number of methoxy groups -OCH3 is 1. The molecular weight excluding hydrogens is 448 g/mol. The number of morpholine rings is 1. The number of amides is 1. The predicted octanol–water partition coefficient (Wildman–Crippen LogP) is 3.49. The number of hydrogen-bond acceptors (Lipinski definition) is 7. The van der Waals surface area contributed by atoms with Crippen molar-refractivity contribution in [2.75, 3.05) is 66.3 Å². The van der Waals surface area contributed by atoms with Gasteiger partial charge in [0.1, 0.15) is 12.2 Å². The molecule has 4 fully saturated rings. The average Bonchev–Trinajstić information content (AvgIpc) is 3.42. The topological polar surface area (TPSA) is 73.0 Å². The maximum Gasteiger partial charge on any atom is 0.410 e. The molecule has 3 heterocycles. The van der Waals surface area contributed by atoms with Crippen molar-refractivity contribution in [3.63, 3.8) is 0 Å². The van der Waals surface area contributed by atoms with E-state index >= 15 is 0 Å². The van der Waals surface area contributed by atoms with Crippen molar-refractivity contribution >= 4 is 6.09 Å². The van der Waals surface area contributed by atoms with Gasteiger partial charge < -0.3 is 28.6 Å². The van der Waals surface area contributed by atoms with Gasteiger partial charge in [-0.15, -0.1) is 0 Å². The fraction of sp³-hybridized carbons (Fsp3) is 0.889. The second-order valence-electron chi connectivity index (χ2n) is 11.5. The van der Waals surface area contributed by atoms with E-state index in [1.807, 2.05) is 4.90 Å². The lowest BCUT2D eigenvalue weighted by Crippen LogP contribution is -2.59. The van der Waals surface area contributed by atoms with Crippen LogP contribution in [0.15, 0.2) is 11.6 Å². The Morgan fingerprint density at radius 2 is 1.91 bits per heavy atom. The molecule has 3 saturated heterocycles. The van der Waals surface area contributed by atoms with E-state index in [1.54, 1.807) is 7.11 Å². The van der Waals surface area contributed by atoms with Gasteiger partial charge in [0, 0.05) is 39.2 Å². The third kappa shape index (κ3) is 6.58. The minimum Gasteiger partial charge on any atom is -0.443 e. The largest absolute Gasteiger partial charge is 0.443 e. The number of epoxide rings is 1. The molecule has 0 bridgehead atoms. The average molecular weight is 495 g/mol. The molecule has 3 aliphatic heterocycles. The smallest absolute Gasteiger partial charge is 0.410 e. The molecule has 4 rings (SSSR count). The Hall–Kier alpha value is -1.19. The number of allylic oxidation sites excluding steroid dienone is 1. The van der Waals surface area contributed by atoms with Gasteiger partial charge in [0.15, 0.2) is 0 Å². The molecule has 0 N–H and O–H groups in total. The van der Waals surface area contributed by atoms with Gasteiger partial charge in [0.05, 0.1) is 37.6 Å². The predicted molar refractivity (Wildman–Crippen MR) is 133 cm³/mol. The van der Waals surface area contributed by atoms with Gasteiger partial charge in [0.2, 0.25) is 0 Å². The van der Waals surface area contributed by atoms with E-state index in [0.717, 1.165) is 71.6 Å². The Bertz CT molecular complexity index is 742. The van der Waals surface area contributed by atoms with E-state index in [-0.39, 0.29) is 29.8 Å². The maximum atomic E-state index is 13.2. The van der Waals surface area contributed by atoms with Gasteiger partial charge in [-0.25, -0.2) is 4.79 Å². The summed E-state index contributed by atoms with van der Waals surface area (Å²) in [5, 5.41) is 0. The van der Waals surface area contributed by atoms with Gasteiger partial charge in [-0.05, 0) is 65.8 Å². The molecule has 0 aromatic rings. The molecule has 8 nitrogen and oxygen atoms in total. The Balaban J connectivity index is 1.32. The number of rotatable bonds is 9. The van der Waals surface area contributed by atoms with E-state index in [1.165, 1.54) is 5.57 Å². The first-order valence-electron chi connectivity index (χ1n) is 13.4. The highest BCUT2D eigenvalue weighted by molar-refractivity contribution is 5.68. The molecule has 0 aromatic carbocycles. The zero-order chi connectivity index (χ0) is 25.1. The van der Waals surface area contributed by atoms with Crippen LogP contribution < -0.4 is 0 Å². The Labute approximate surface area is 211 Å². The molecule has 0 unspecified atom stereocenters. The first-order valence-corrected chi connectivity index (χ1v) is 13.4. The molecule has 200 valence electrons. The monoisotopic (exact) mass is 494 g/mol. The number of carbonyl (C=O) groups is 1. The lowest BCUT2D eigenvalue weighted by Gasteiger charge is -2.47. The van der Waals surface area contributed by atoms with Gasteiger partial charge in [-0.2, -0.15) is 0 Å². The quantitative estimate of drug-likeness (QED) is 0.359. The summed E-state index contributed by atoms with van der Waals surface area (Å²) in [7, 11) is 1.71. The summed E-state index contributed by atoms with van der Waals surface area (Å²) in [5.41, 5.74) is 0.508. The second-order valence-corrected chi connectivity index (χ2v) is 11.5. The summed E-state index contributed by atoms with van der Waals surface area (Å²) < 4.78 is 29.9. The molecule has 8 heteroatoms. The highest BCUT2D eigenvalue weighted by Crippen LogP contribution is 2.52. The van der Waals surface area contributed by atoms with Crippen LogP contribution in [0.2, 0.25) is 0 Å². The van der Waals surface area contributed by atoms with Crippen LogP contribution >= 0.6 is 0 Å². The summed E-state index contributed by atoms with van der Waals surface area (Å²) in [6, 6.07) is 0. The minimum absolute atomic E-state index is 0.0167. The van der Waals surface area contributed by atoms with Crippen LogP contribution in [0.4, 0.5) is 4.79 Å². The lowest BCUT2D eigenvalue weighted by molar-refractivity contribution is -0.173. The number of carbonyl (C=O) groups excluding carboxylic acids is 1. The third-order valence-electron chi connectivity index (χ3n) is 8.35. The van der Waals surface area contributed by atoms with Crippen molar-refractivity contribution in [3.8, 4) is 0 Å². The van der Waals surface area contributed by atoms with Gasteiger partial charge in [-0.3, -0.25) is 4.90 Å². The zero-order valence-electron chi connectivity index (χ0n) is 22.4. The van der Waals surface area contributed by atoms with Crippen LogP contribution in [0.3, 0.4) is 0 Å². The number of likely N-dealkylation sites (tertiary alicyclic amines) is 1. The van der Waals surface area contributed by atoms with Gasteiger partial charge in [-0.1, -0.05) is 11.6 Å². The fourth-order valence-corrected chi connectivity index (χ4v) is 6.22. The standard InChI is InChI=1S/C27H46N2O6/c1-20(2)9-15-33-26(3,4)24-23(31-5)22(6-10-27(24)19-34-27)35-25(30)29-12-8-21(18-29)7-11-28-13-16-32-17-14-28/h9,21-24H,6-8,10-19H2,1-5H3/t21-,22+,23+,24+,27-/m0/s1. The van der Waals surface area contributed by atoms with Crippen LogP contribution in [0.5, 0.6) is 0 Å².